The van der Waals surface area contributed by atoms with Gasteiger partial charge < -0.3 is 10.3 Å². The fraction of sp³-hybridized carbons (Fsp3) is 0.333. The first-order valence-corrected chi connectivity index (χ1v) is 5.49. The van der Waals surface area contributed by atoms with Crippen molar-refractivity contribution in [2.24, 2.45) is 5.73 Å². The summed E-state index contributed by atoms with van der Waals surface area (Å²) in [4.78, 5) is 4.36. The Hall–Kier alpha value is -1.68. The summed E-state index contributed by atoms with van der Waals surface area (Å²) in [6, 6.07) is 8.38. The molecule has 0 fully saturated rings. The molecular formula is C12H13N3O. The van der Waals surface area contributed by atoms with E-state index < -0.39 is 0 Å². The minimum absolute atomic E-state index is 0.312. The molecule has 2 N–H and O–H groups in total. The average molecular weight is 215 g/mol. The highest BCUT2D eigenvalue weighted by molar-refractivity contribution is 5.43. The summed E-state index contributed by atoms with van der Waals surface area (Å²) in [5, 5.41) is 4.01. The molecule has 1 aliphatic rings. The monoisotopic (exact) mass is 215 g/mol. The SMILES string of the molecule is NCCc1nc(C2Cc3ccccc32)no1. The van der Waals surface area contributed by atoms with Crippen LogP contribution in [0.1, 0.15) is 28.8 Å². The Bertz CT molecular complexity index is 506. The van der Waals surface area contributed by atoms with Gasteiger partial charge in [0.05, 0.1) is 5.92 Å². The standard InChI is InChI=1S/C12H13N3O/c13-6-5-11-14-12(15-16-11)10-7-8-3-1-2-4-9(8)10/h1-4,10H,5-7,13H2. The van der Waals surface area contributed by atoms with Crippen LogP contribution >= 0.6 is 0 Å². The topological polar surface area (TPSA) is 64.9 Å². The second-order valence-electron chi connectivity index (χ2n) is 4.04. The highest BCUT2D eigenvalue weighted by Crippen LogP contribution is 2.38. The summed E-state index contributed by atoms with van der Waals surface area (Å²) in [7, 11) is 0. The van der Waals surface area contributed by atoms with Crippen LogP contribution < -0.4 is 5.73 Å². The Labute approximate surface area is 93.5 Å². The minimum atomic E-state index is 0.312. The third-order valence-electron chi connectivity index (χ3n) is 3.01. The number of rotatable bonds is 3. The maximum Gasteiger partial charge on any atom is 0.227 e. The van der Waals surface area contributed by atoms with E-state index in [2.05, 4.69) is 28.3 Å². The van der Waals surface area contributed by atoms with Crippen molar-refractivity contribution < 1.29 is 4.52 Å². The van der Waals surface area contributed by atoms with Crippen LogP contribution in [0.4, 0.5) is 0 Å². The summed E-state index contributed by atoms with van der Waals surface area (Å²) >= 11 is 0. The third-order valence-corrected chi connectivity index (χ3v) is 3.01. The normalized spacial score (nSPS) is 17.9. The van der Waals surface area contributed by atoms with Gasteiger partial charge in [-0.3, -0.25) is 0 Å². The summed E-state index contributed by atoms with van der Waals surface area (Å²) in [5.41, 5.74) is 8.15. The van der Waals surface area contributed by atoms with Gasteiger partial charge in [0.2, 0.25) is 5.89 Å². The molecule has 0 saturated heterocycles. The Balaban J connectivity index is 1.85. The zero-order valence-electron chi connectivity index (χ0n) is 8.89. The molecule has 82 valence electrons. The molecule has 16 heavy (non-hydrogen) atoms. The van der Waals surface area contributed by atoms with E-state index in [0.717, 1.165) is 12.2 Å². The molecule has 0 bridgehead atoms. The lowest BCUT2D eigenvalue weighted by Crippen LogP contribution is -2.19. The summed E-state index contributed by atoms with van der Waals surface area (Å²) < 4.78 is 5.14. The van der Waals surface area contributed by atoms with Gasteiger partial charge in [0.1, 0.15) is 0 Å². The molecule has 1 aliphatic carbocycles. The Kier molecular flexibility index (Phi) is 2.22. The zero-order valence-corrected chi connectivity index (χ0v) is 8.89. The molecule has 3 rings (SSSR count). The van der Waals surface area contributed by atoms with E-state index in [1.54, 1.807) is 0 Å². The maximum absolute atomic E-state index is 5.44. The van der Waals surface area contributed by atoms with Crippen molar-refractivity contribution in [3.63, 3.8) is 0 Å². The van der Waals surface area contributed by atoms with E-state index in [-0.39, 0.29) is 0 Å². The van der Waals surface area contributed by atoms with E-state index in [1.807, 2.05) is 6.07 Å². The van der Waals surface area contributed by atoms with Gasteiger partial charge in [-0.15, -0.1) is 0 Å². The predicted octanol–water partition coefficient (Wildman–Crippen LogP) is 1.26. The van der Waals surface area contributed by atoms with Gasteiger partial charge in [-0.2, -0.15) is 4.98 Å². The number of hydrogen-bond acceptors (Lipinski definition) is 4. The zero-order chi connectivity index (χ0) is 11.0. The molecular weight excluding hydrogens is 202 g/mol. The Morgan fingerprint density at radius 1 is 1.38 bits per heavy atom. The molecule has 0 saturated carbocycles. The van der Waals surface area contributed by atoms with Gasteiger partial charge in [0.15, 0.2) is 5.82 Å². The van der Waals surface area contributed by atoms with Crippen LogP contribution in [0.3, 0.4) is 0 Å². The van der Waals surface area contributed by atoms with Gasteiger partial charge in [-0.1, -0.05) is 29.4 Å². The second kappa shape index (κ2) is 3.72. The number of fused-ring (bicyclic) bond motifs is 1. The molecule has 0 radical (unpaired) electrons. The summed E-state index contributed by atoms with van der Waals surface area (Å²) in [6.45, 7) is 0.545. The van der Waals surface area contributed by atoms with Crippen molar-refractivity contribution in [1.29, 1.82) is 0 Å². The summed E-state index contributed by atoms with van der Waals surface area (Å²) in [5.74, 6) is 1.75. The molecule has 0 aliphatic heterocycles. The smallest absolute Gasteiger partial charge is 0.227 e. The van der Waals surface area contributed by atoms with Gasteiger partial charge in [-0.05, 0) is 17.5 Å². The van der Waals surface area contributed by atoms with Crippen molar-refractivity contribution in [1.82, 2.24) is 10.1 Å². The van der Waals surface area contributed by atoms with Crippen LogP contribution in [0.5, 0.6) is 0 Å². The first kappa shape index (κ1) is 9.54. The van der Waals surface area contributed by atoms with E-state index in [1.165, 1.54) is 11.1 Å². The first-order chi connectivity index (χ1) is 7.88. The van der Waals surface area contributed by atoms with Gasteiger partial charge in [0.25, 0.3) is 0 Å². The quantitative estimate of drug-likeness (QED) is 0.837. The highest BCUT2D eigenvalue weighted by Gasteiger charge is 2.30. The Morgan fingerprint density at radius 2 is 2.25 bits per heavy atom. The molecule has 4 heteroatoms. The van der Waals surface area contributed by atoms with Crippen LogP contribution in [-0.2, 0) is 12.8 Å². The molecule has 2 aromatic rings. The minimum Gasteiger partial charge on any atom is -0.339 e. The van der Waals surface area contributed by atoms with Crippen molar-refractivity contribution in [3.8, 4) is 0 Å². The van der Waals surface area contributed by atoms with E-state index in [9.17, 15) is 0 Å². The van der Waals surface area contributed by atoms with Crippen LogP contribution in [0, 0.1) is 0 Å². The van der Waals surface area contributed by atoms with E-state index >= 15 is 0 Å². The lowest BCUT2D eigenvalue weighted by atomic mass is 9.77. The van der Waals surface area contributed by atoms with Crippen molar-refractivity contribution in [3.05, 3.63) is 47.1 Å². The molecule has 0 spiro atoms. The molecule has 1 atom stereocenters. The largest absolute Gasteiger partial charge is 0.339 e. The number of aromatic nitrogens is 2. The van der Waals surface area contributed by atoms with Crippen LogP contribution in [0.15, 0.2) is 28.8 Å². The molecule has 1 aromatic carbocycles. The van der Waals surface area contributed by atoms with Crippen molar-refractivity contribution in [2.75, 3.05) is 6.54 Å². The van der Waals surface area contributed by atoms with Gasteiger partial charge >= 0.3 is 0 Å². The highest BCUT2D eigenvalue weighted by atomic mass is 16.5. The van der Waals surface area contributed by atoms with Gasteiger partial charge in [0, 0.05) is 13.0 Å². The van der Waals surface area contributed by atoms with E-state index in [0.29, 0.717) is 24.8 Å². The molecule has 4 nitrogen and oxygen atoms in total. The molecule has 1 unspecified atom stereocenters. The fourth-order valence-corrected chi connectivity index (χ4v) is 2.12. The first-order valence-electron chi connectivity index (χ1n) is 5.49. The number of hydrogen-bond donors (Lipinski definition) is 1. The van der Waals surface area contributed by atoms with Crippen molar-refractivity contribution in [2.45, 2.75) is 18.8 Å². The number of nitrogens with zero attached hydrogens (tertiary/aromatic N) is 2. The van der Waals surface area contributed by atoms with E-state index in [4.69, 9.17) is 10.3 Å². The van der Waals surface area contributed by atoms with Crippen LogP contribution in [0.25, 0.3) is 0 Å². The number of nitrogens with two attached hydrogens (primary N) is 1. The Morgan fingerprint density at radius 3 is 3.06 bits per heavy atom. The second-order valence-corrected chi connectivity index (χ2v) is 4.04. The van der Waals surface area contributed by atoms with Gasteiger partial charge in [-0.25, -0.2) is 0 Å². The lowest BCUT2D eigenvalue weighted by molar-refractivity contribution is 0.371. The molecule has 1 aromatic heterocycles. The van der Waals surface area contributed by atoms with Crippen LogP contribution in [0.2, 0.25) is 0 Å². The number of benzene rings is 1. The summed E-state index contributed by atoms with van der Waals surface area (Å²) in [6.07, 6.45) is 1.67. The fourth-order valence-electron chi connectivity index (χ4n) is 2.12. The molecule has 1 heterocycles. The predicted molar refractivity (Wildman–Crippen MR) is 59.0 cm³/mol. The van der Waals surface area contributed by atoms with Crippen molar-refractivity contribution >= 4 is 0 Å². The van der Waals surface area contributed by atoms with Crippen LogP contribution in [-0.4, -0.2) is 16.7 Å². The average Bonchev–Trinajstić information content (AvgIpc) is 2.69. The molecule has 0 amide bonds. The maximum atomic E-state index is 5.44. The third kappa shape index (κ3) is 1.42. The lowest BCUT2D eigenvalue weighted by Gasteiger charge is -2.27.